The van der Waals surface area contributed by atoms with Crippen molar-refractivity contribution in [3.05, 3.63) is 208 Å². The van der Waals surface area contributed by atoms with E-state index in [9.17, 15) is 70.4 Å². The van der Waals surface area contributed by atoms with Crippen molar-refractivity contribution in [1.29, 1.82) is 0 Å². The Labute approximate surface area is 703 Å². The number of carbonyl (C=O) groups excluding carboxylic acids is 2. The van der Waals surface area contributed by atoms with E-state index < -0.39 is 120 Å². The van der Waals surface area contributed by atoms with Gasteiger partial charge in [0.1, 0.15) is 28.9 Å². The highest BCUT2D eigenvalue weighted by Crippen LogP contribution is 2.44. The van der Waals surface area contributed by atoms with Gasteiger partial charge in [-0.2, -0.15) is 15.3 Å². The van der Waals surface area contributed by atoms with Crippen LogP contribution in [0.4, 0.5) is 40.3 Å². The number of fused-ring (bicyclic) bond motifs is 3. The lowest BCUT2D eigenvalue weighted by molar-refractivity contribution is 0.0599. The highest BCUT2D eigenvalue weighted by atomic mass is 35.5. The van der Waals surface area contributed by atoms with E-state index in [1.54, 1.807) is 18.8 Å². The number of carbonyl (C=O) groups is 4. The predicted molar refractivity (Wildman–Crippen MR) is 442 cm³/mol. The molecule has 4 aromatic carbocycles. The van der Waals surface area contributed by atoms with Gasteiger partial charge in [-0.1, -0.05) is 52.8 Å². The normalized spacial score (nSPS) is 18.0. The van der Waals surface area contributed by atoms with Gasteiger partial charge in [0.25, 0.3) is 11.8 Å². The summed E-state index contributed by atoms with van der Waals surface area (Å²) in [6, 6.07) is 20.1. The summed E-state index contributed by atoms with van der Waals surface area (Å²) in [5.41, 5.74) is 9.21. The van der Waals surface area contributed by atoms with Crippen LogP contribution in [0.2, 0.25) is 20.1 Å². The largest absolute Gasteiger partial charge is 0.478 e. The zero-order valence-corrected chi connectivity index (χ0v) is 71.3. The minimum absolute atomic E-state index is 0.00616. The van der Waals surface area contributed by atoms with Crippen LogP contribution >= 0.6 is 46.4 Å². The van der Waals surface area contributed by atoms with Crippen LogP contribution in [0.5, 0.6) is 0 Å². The molecular weight excluding hydrogens is 1720 g/mol. The number of aromatic nitrogens is 9. The van der Waals surface area contributed by atoms with E-state index in [4.69, 9.17) is 86.9 Å². The van der Waals surface area contributed by atoms with Gasteiger partial charge in [0.05, 0.1) is 132 Å². The molecule has 42 heteroatoms. The van der Waals surface area contributed by atoms with E-state index in [-0.39, 0.29) is 44.6 Å². The topological polar surface area (TPSA) is 402 Å². The quantitative estimate of drug-likeness (QED) is 0.0310. The maximum atomic E-state index is 14.8. The lowest BCUT2D eigenvalue weighted by atomic mass is 9.98. The van der Waals surface area contributed by atoms with Crippen LogP contribution in [-0.2, 0) is 40.1 Å². The fourth-order valence-electron chi connectivity index (χ4n) is 14.1. The van der Waals surface area contributed by atoms with Gasteiger partial charge in [0.15, 0.2) is 28.7 Å². The van der Waals surface area contributed by atoms with Crippen LogP contribution in [0.15, 0.2) is 84.9 Å². The number of anilines is 4. The predicted octanol–water partition coefficient (Wildman–Crippen LogP) is 14.5. The van der Waals surface area contributed by atoms with Crippen LogP contribution in [0.1, 0.15) is 218 Å². The van der Waals surface area contributed by atoms with Crippen molar-refractivity contribution in [1.82, 2.24) is 58.9 Å². The average Bonchev–Trinajstić information content (AvgIpc) is 1.72. The number of aryl methyl sites for hydroxylation is 3. The van der Waals surface area contributed by atoms with Crippen LogP contribution in [0.3, 0.4) is 0 Å². The van der Waals surface area contributed by atoms with Crippen molar-refractivity contribution in [2.45, 2.75) is 147 Å². The number of benzene rings is 4. The molecule has 10 aromatic rings. The Kier molecular flexibility index (Phi) is 26.8. The maximum Gasteiger partial charge on any atom is 0.337 e. The van der Waals surface area contributed by atoms with Crippen molar-refractivity contribution in [2.75, 3.05) is 63.5 Å². The lowest BCUT2D eigenvalue weighted by Crippen LogP contribution is -2.39. The number of likely N-dealkylation sites (tertiary alicyclic amines) is 2. The SMILES string of the molecule is CS(=O)(=O)Nc1c(C(=O)O)ccc(F)c1Cl.CS(=O)(=O)Nc1cc(F)c(Cl)cc1C(=O)O.Cc1cc(C2CC2)nc2cc([C@@H]3CCCCN3)nn12.Cc1cc(C2CC2)nc2cc([C@@H]3CCCCN3C(=O)c3ccc(Cl)c(F)c3NS(C)(=O)=O)nn12.Cc1cc(C2[CH+]C2)nc2cc([C@@H]3CCCCN3C(=O)c3cc(Cl)c(F)cc3NS(C)(=O)=O)nn12. The number of amides is 2. The number of hydrogen-bond donors (Lipinski definition) is 7. The van der Waals surface area contributed by atoms with Crippen molar-refractivity contribution >= 4 is 150 Å². The van der Waals surface area contributed by atoms with Crippen molar-refractivity contribution in [3.63, 3.8) is 0 Å². The van der Waals surface area contributed by atoms with E-state index in [0.29, 0.717) is 67.2 Å². The number of sulfonamides is 4. The highest BCUT2D eigenvalue weighted by molar-refractivity contribution is 7.92. The van der Waals surface area contributed by atoms with Crippen LogP contribution in [-0.4, -0.2) is 166 Å². The molecular formula is C77H83Cl4F4N16O14S4+. The molecule has 6 aliphatic rings. The minimum Gasteiger partial charge on any atom is -0.478 e. The molecule has 119 heavy (non-hydrogen) atoms. The molecule has 6 fully saturated rings. The fourth-order valence-corrected chi connectivity index (χ4v) is 17.1. The molecule has 3 saturated heterocycles. The van der Waals surface area contributed by atoms with Crippen molar-refractivity contribution < 1.29 is 80.6 Å². The Bertz CT molecular complexity index is 6010. The third kappa shape index (κ3) is 22.1. The van der Waals surface area contributed by atoms with Gasteiger partial charge in [-0.25, -0.2) is 89.3 Å². The number of nitrogens with one attached hydrogen (secondary N) is 5. The zero-order chi connectivity index (χ0) is 86.2. The number of halogens is 8. The average molecular weight is 1800 g/mol. The molecule has 1 unspecified atom stereocenters. The molecule has 16 rings (SSSR count). The van der Waals surface area contributed by atoms with Gasteiger partial charge < -0.3 is 25.3 Å². The summed E-state index contributed by atoms with van der Waals surface area (Å²) in [7, 11) is -15.0. The molecule has 634 valence electrons. The summed E-state index contributed by atoms with van der Waals surface area (Å²) in [6.45, 7) is 8.11. The van der Waals surface area contributed by atoms with E-state index in [0.717, 1.165) is 146 Å². The molecule has 2 amide bonds. The van der Waals surface area contributed by atoms with Gasteiger partial charge >= 0.3 is 11.9 Å². The third-order valence-corrected chi connectivity index (χ3v) is 23.6. The van der Waals surface area contributed by atoms with Crippen LogP contribution in [0, 0.1) is 50.5 Å². The van der Waals surface area contributed by atoms with E-state index in [1.807, 2.05) is 46.0 Å². The number of carboxylic acid groups (broad SMARTS) is 2. The first-order valence-electron chi connectivity index (χ1n) is 37.6. The molecule has 7 N–H and O–H groups in total. The summed E-state index contributed by atoms with van der Waals surface area (Å²) in [5.74, 6) is -5.74. The molecule has 0 spiro atoms. The van der Waals surface area contributed by atoms with E-state index in [2.05, 4.69) is 46.3 Å². The van der Waals surface area contributed by atoms with Gasteiger partial charge in [-0.15, -0.1) is 0 Å². The molecule has 3 aliphatic carbocycles. The summed E-state index contributed by atoms with van der Waals surface area (Å²) in [4.78, 5) is 66.4. The number of aromatic carboxylic acids is 2. The maximum absolute atomic E-state index is 14.8. The summed E-state index contributed by atoms with van der Waals surface area (Å²) < 4.78 is 160. The second-order valence-corrected chi connectivity index (χ2v) is 38.5. The Morgan fingerprint density at radius 1 is 0.454 bits per heavy atom. The van der Waals surface area contributed by atoms with Gasteiger partial charge in [-0.3, -0.25) is 28.5 Å². The smallest absolute Gasteiger partial charge is 0.337 e. The third-order valence-electron chi connectivity index (χ3n) is 20.0. The Morgan fingerprint density at radius 3 is 1.31 bits per heavy atom. The summed E-state index contributed by atoms with van der Waals surface area (Å²) in [5, 5.41) is 33.8. The standard InChI is InChI=1S/C23H25ClFN5O3S.C23H23ClFN5O3S.C15H20N4.2C8H7ClFNO4S/c1-13-11-17(14-6-7-14)26-20-12-18(27-30(13)20)19-5-3-4-10-29(19)23(31)15-8-9-16(24)21(25)22(15)28-34(2,32)33;1-13-9-18(14-6-7-14)26-22-12-20(27-30(13)22)21-5-3-4-8-29(21)23(31)15-10-16(24)17(25)11-19(15)28-34(2,32)33;1-10-8-13(11-5-6-11)17-15-9-14(18-19(10)15)12-4-2-3-7-16-12;1-16(14,15)11-7-3-6(10)5(9)2-4(7)8(12)13;1-16(14,15)11-7-4(8(12)13)2-3-5(10)6(7)9/h8-9,11-12,14,19,28H,3-7,10H2,1-2H3;6,9-12,14,21H,3-5,7-8H2,1-2H3;8-9,11-12,16H,2-7H2,1H3;2*2-3,11H,1H3,(H,12,13)/p+1/t19-;14?,21-;12-;;/m000../s1. The lowest BCUT2D eigenvalue weighted by Gasteiger charge is -2.35. The molecule has 0 bridgehead atoms. The van der Waals surface area contributed by atoms with Crippen molar-refractivity contribution in [2.24, 2.45) is 0 Å². The Balaban J connectivity index is 0.000000142. The van der Waals surface area contributed by atoms with Crippen LogP contribution < -0.4 is 24.2 Å². The second kappa shape index (κ2) is 35.9. The molecule has 6 aromatic heterocycles. The molecule has 9 heterocycles. The summed E-state index contributed by atoms with van der Waals surface area (Å²) in [6.07, 6.45) is 20.1. The Hall–Kier alpha value is -9.67. The minimum atomic E-state index is -3.84. The molecule has 4 atom stereocenters. The molecule has 3 saturated carbocycles. The van der Waals surface area contributed by atoms with Gasteiger partial charge in [-0.05, 0) is 159 Å². The first-order chi connectivity index (χ1) is 56.0. The zero-order valence-electron chi connectivity index (χ0n) is 65.0. The number of hydrogen-bond acceptors (Lipinski definition) is 19. The monoisotopic (exact) mass is 1800 g/mol. The van der Waals surface area contributed by atoms with Crippen LogP contribution in [0.25, 0.3) is 16.9 Å². The first-order valence-corrected chi connectivity index (χ1v) is 46.7. The number of nitrogens with zero attached hydrogens (tertiary/aromatic N) is 11. The van der Waals surface area contributed by atoms with Gasteiger partial charge in [0.2, 0.25) is 40.1 Å². The van der Waals surface area contributed by atoms with Crippen molar-refractivity contribution in [3.8, 4) is 0 Å². The Morgan fingerprint density at radius 2 is 0.866 bits per heavy atom. The molecule has 0 radical (unpaired) electrons. The number of carboxylic acids is 2. The van der Waals surface area contributed by atoms with Gasteiger partial charge in [0, 0.05) is 83.7 Å². The van der Waals surface area contributed by atoms with E-state index in [1.165, 1.54) is 61.7 Å². The fraction of sp³-hybridized carbons (Fsp3) is 0.390. The second-order valence-electron chi connectivity index (χ2n) is 29.9. The molecule has 3 aliphatic heterocycles. The molecule has 30 nitrogen and oxygen atoms in total. The number of piperidine rings is 3. The first kappa shape index (κ1) is 88.6. The summed E-state index contributed by atoms with van der Waals surface area (Å²) >= 11 is 22.7. The highest BCUT2D eigenvalue weighted by Gasteiger charge is 2.41. The number of rotatable bonds is 18. The van der Waals surface area contributed by atoms with E-state index >= 15 is 0 Å².